The first kappa shape index (κ1) is 22.8. The predicted octanol–water partition coefficient (Wildman–Crippen LogP) is 1.49. The van der Waals surface area contributed by atoms with E-state index in [4.69, 9.17) is 11.6 Å². The highest BCUT2D eigenvalue weighted by Crippen LogP contribution is 2.20. The summed E-state index contributed by atoms with van der Waals surface area (Å²) in [7, 11) is -3.71. The van der Waals surface area contributed by atoms with Crippen molar-refractivity contribution in [2.45, 2.75) is 11.4 Å². The molecule has 1 fully saturated rings. The third-order valence-electron chi connectivity index (χ3n) is 5.37. The van der Waals surface area contributed by atoms with Gasteiger partial charge in [-0.05, 0) is 30.3 Å². The van der Waals surface area contributed by atoms with Crippen LogP contribution >= 0.6 is 11.6 Å². The summed E-state index contributed by atoms with van der Waals surface area (Å²) in [6.45, 7) is 0.218. The van der Waals surface area contributed by atoms with Crippen LogP contribution in [0.1, 0.15) is 0 Å². The normalized spacial score (nSPS) is 15.0. The highest BCUT2D eigenvalue weighted by atomic mass is 35.5. The largest absolute Gasteiger partial charge is 0.338 e. The third-order valence-corrected chi connectivity index (χ3v) is 7.53. The Hall–Kier alpha value is -3.35. The molecule has 0 spiro atoms. The molecular formula is C20H18ClN5O6S. The molecule has 0 N–H and O–H groups in total. The molecule has 4 rings (SSSR count). The number of hydrogen-bond donors (Lipinski definition) is 0. The van der Waals surface area contributed by atoms with Crippen molar-refractivity contribution in [1.82, 2.24) is 18.8 Å². The number of carbonyl (C=O) groups excluding carboxylic acids is 1. The Morgan fingerprint density at radius 1 is 1.09 bits per heavy atom. The summed E-state index contributed by atoms with van der Waals surface area (Å²) in [5.74, 6) is -0.382. The molecule has 1 aliphatic heterocycles. The predicted molar refractivity (Wildman–Crippen MR) is 119 cm³/mol. The van der Waals surface area contributed by atoms with Gasteiger partial charge in [0.25, 0.3) is 11.2 Å². The summed E-state index contributed by atoms with van der Waals surface area (Å²) in [5.41, 5.74) is -0.528. The molecule has 0 aliphatic carbocycles. The van der Waals surface area contributed by atoms with Gasteiger partial charge in [0.05, 0.1) is 27.0 Å². The molecule has 33 heavy (non-hydrogen) atoms. The summed E-state index contributed by atoms with van der Waals surface area (Å²) < 4.78 is 28.0. The number of fused-ring (bicyclic) bond motifs is 1. The van der Waals surface area contributed by atoms with Crippen LogP contribution in [-0.2, 0) is 21.4 Å². The van der Waals surface area contributed by atoms with Crippen LogP contribution in [0.4, 0.5) is 5.69 Å². The Kier molecular flexibility index (Phi) is 6.15. The van der Waals surface area contributed by atoms with Crippen molar-refractivity contribution >= 4 is 44.1 Å². The van der Waals surface area contributed by atoms with E-state index in [0.29, 0.717) is 5.02 Å². The lowest BCUT2D eigenvalue weighted by Crippen LogP contribution is -2.51. The Balaban J connectivity index is 1.46. The number of piperazine rings is 1. The van der Waals surface area contributed by atoms with Crippen molar-refractivity contribution in [2.75, 3.05) is 26.2 Å². The molecule has 1 aliphatic rings. The van der Waals surface area contributed by atoms with E-state index >= 15 is 0 Å². The quantitative estimate of drug-likeness (QED) is 0.389. The van der Waals surface area contributed by atoms with Crippen molar-refractivity contribution in [1.29, 1.82) is 0 Å². The fourth-order valence-electron chi connectivity index (χ4n) is 3.55. The number of benzene rings is 2. The Bertz CT molecular complexity index is 1400. The number of carbonyl (C=O) groups is 1. The third kappa shape index (κ3) is 4.58. The SMILES string of the molecule is O=C(Cn1cnc2ccc([N+](=O)[O-])cc2c1=O)N1CCN(S(=O)(=O)c2ccc(Cl)cc2)CC1. The zero-order valence-electron chi connectivity index (χ0n) is 17.1. The minimum atomic E-state index is -3.71. The molecule has 0 atom stereocenters. The van der Waals surface area contributed by atoms with Gasteiger partial charge >= 0.3 is 0 Å². The molecule has 1 amide bonds. The second-order valence-corrected chi connectivity index (χ2v) is 9.75. The van der Waals surface area contributed by atoms with Crippen LogP contribution in [0.15, 0.2) is 58.5 Å². The Morgan fingerprint density at radius 2 is 1.76 bits per heavy atom. The molecular weight excluding hydrogens is 474 g/mol. The van der Waals surface area contributed by atoms with Crippen LogP contribution in [0.3, 0.4) is 0 Å². The van der Waals surface area contributed by atoms with Crippen molar-refractivity contribution < 1.29 is 18.1 Å². The molecule has 3 aromatic rings. The highest BCUT2D eigenvalue weighted by molar-refractivity contribution is 7.89. The van der Waals surface area contributed by atoms with Crippen LogP contribution in [-0.4, -0.2) is 64.2 Å². The molecule has 0 radical (unpaired) electrons. The van der Waals surface area contributed by atoms with E-state index in [0.717, 1.165) is 10.6 Å². The number of amides is 1. The molecule has 1 aromatic heterocycles. The molecule has 13 heteroatoms. The molecule has 11 nitrogen and oxygen atoms in total. The summed E-state index contributed by atoms with van der Waals surface area (Å²) in [5, 5.41) is 11.5. The molecule has 1 saturated heterocycles. The maximum atomic E-state index is 12.8. The fourth-order valence-corrected chi connectivity index (χ4v) is 5.10. The van der Waals surface area contributed by atoms with Crippen LogP contribution in [0, 0.1) is 10.1 Å². The van der Waals surface area contributed by atoms with Gasteiger partial charge in [-0.3, -0.25) is 24.3 Å². The van der Waals surface area contributed by atoms with E-state index in [9.17, 15) is 28.1 Å². The number of hydrogen-bond acceptors (Lipinski definition) is 7. The molecule has 0 bridgehead atoms. The van der Waals surface area contributed by atoms with E-state index in [1.54, 1.807) is 0 Å². The van der Waals surface area contributed by atoms with Gasteiger partial charge < -0.3 is 4.90 Å². The minimum absolute atomic E-state index is 0.0402. The van der Waals surface area contributed by atoms with Crippen LogP contribution in [0.2, 0.25) is 5.02 Å². The lowest BCUT2D eigenvalue weighted by atomic mass is 10.2. The maximum Gasteiger partial charge on any atom is 0.270 e. The van der Waals surface area contributed by atoms with Crippen molar-refractivity contribution in [3.63, 3.8) is 0 Å². The van der Waals surface area contributed by atoms with Crippen molar-refractivity contribution in [3.05, 3.63) is 74.3 Å². The van der Waals surface area contributed by atoms with Crippen LogP contribution in [0.25, 0.3) is 10.9 Å². The summed E-state index contributed by atoms with van der Waals surface area (Å²) in [6, 6.07) is 9.61. The average Bonchev–Trinajstić information content (AvgIpc) is 2.81. The van der Waals surface area contributed by atoms with Gasteiger partial charge in [0.1, 0.15) is 6.54 Å². The molecule has 2 aromatic carbocycles. The van der Waals surface area contributed by atoms with E-state index < -0.39 is 20.5 Å². The molecule has 2 heterocycles. The monoisotopic (exact) mass is 491 g/mol. The van der Waals surface area contributed by atoms with E-state index in [1.165, 1.54) is 51.9 Å². The minimum Gasteiger partial charge on any atom is -0.338 e. The summed E-state index contributed by atoms with van der Waals surface area (Å²) >= 11 is 5.82. The highest BCUT2D eigenvalue weighted by Gasteiger charge is 2.30. The van der Waals surface area contributed by atoms with Crippen molar-refractivity contribution in [3.8, 4) is 0 Å². The second kappa shape index (κ2) is 8.89. The zero-order chi connectivity index (χ0) is 23.8. The number of rotatable bonds is 5. The van der Waals surface area contributed by atoms with E-state index in [1.807, 2.05) is 0 Å². The van der Waals surface area contributed by atoms with Gasteiger partial charge in [-0.2, -0.15) is 4.31 Å². The van der Waals surface area contributed by atoms with Gasteiger partial charge in [-0.1, -0.05) is 11.6 Å². The van der Waals surface area contributed by atoms with Gasteiger partial charge in [-0.15, -0.1) is 0 Å². The van der Waals surface area contributed by atoms with Gasteiger partial charge in [-0.25, -0.2) is 13.4 Å². The number of sulfonamides is 1. The first-order valence-electron chi connectivity index (χ1n) is 9.84. The number of nitro groups is 1. The smallest absolute Gasteiger partial charge is 0.270 e. The Labute approximate surface area is 193 Å². The molecule has 0 unspecified atom stereocenters. The average molecular weight is 492 g/mol. The molecule has 0 saturated carbocycles. The van der Waals surface area contributed by atoms with Crippen LogP contribution < -0.4 is 5.56 Å². The van der Waals surface area contributed by atoms with E-state index in [-0.39, 0.29) is 60.1 Å². The first-order chi connectivity index (χ1) is 15.7. The van der Waals surface area contributed by atoms with Crippen LogP contribution in [0.5, 0.6) is 0 Å². The number of non-ortho nitro benzene ring substituents is 1. The second-order valence-electron chi connectivity index (χ2n) is 7.37. The summed E-state index contributed by atoms with van der Waals surface area (Å²) in [6.07, 6.45) is 1.22. The molecule has 172 valence electrons. The zero-order valence-corrected chi connectivity index (χ0v) is 18.7. The number of halogens is 1. The Morgan fingerprint density at radius 3 is 2.39 bits per heavy atom. The topological polar surface area (TPSA) is 136 Å². The van der Waals surface area contributed by atoms with Gasteiger partial charge in [0.2, 0.25) is 15.9 Å². The lowest BCUT2D eigenvalue weighted by Gasteiger charge is -2.34. The van der Waals surface area contributed by atoms with Gasteiger partial charge in [0, 0.05) is 43.3 Å². The summed E-state index contributed by atoms with van der Waals surface area (Å²) in [4.78, 5) is 41.5. The van der Waals surface area contributed by atoms with Crippen molar-refractivity contribution in [2.24, 2.45) is 0 Å². The number of aromatic nitrogens is 2. The number of nitro benzene ring substituents is 1. The van der Waals surface area contributed by atoms with Gasteiger partial charge in [0.15, 0.2) is 0 Å². The lowest BCUT2D eigenvalue weighted by molar-refractivity contribution is -0.384. The fraction of sp³-hybridized carbons (Fsp3) is 0.250. The van der Waals surface area contributed by atoms with E-state index in [2.05, 4.69) is 4.98 Å². The maximum absolute atomic E-state index is 12.8. The standard InChI is InChI=1S/C20H18ClN5O6S/c21-14-1-4-16(5-2-14)33(31,32)25-9-7-23(8-10-25)19(27)12-24-13-22-18-6-3-15(26(29)30)11-17(18)20(24)28/h1-6,11,13H,7-10,12H2. The first-order valence-corrected chi connectivity index (χ1v) is 11.7. The number of nitrogens with zero attached hydrogens (tertiary/aromatic N) is 5.